The molecule has 0 saturated heterocycles. The van der Waals surface area contributed by atoms with Crippen LogP contribution in [0, 0.1) is 6.92 Å². The molecule has 1 N–H and O–H groups in total. The van der Waals surface area contributed by atoms with Crippen LogP contribution in [0.3, 0.4) is 0 Å². The fourth-order valence-corrected chi connectivity index (χ4v) is 3.01. The fraction of sp³-hybridized carbons (Fsp3) is 0.562. The molecule has 0 aromatic carbocycles. The molecule has 1 atom stereocenters. The number of nitrogens with zero attached hydrogens (tertiary/aromatic N) is 2. The number of aliphatic hydroxyl groups is 1. The van der Waals surface area contributed by atoms with E-state index in [0.29, 0.717) is 10.6 Å². The topological polar surface area (TPSA) is 63.8 Å². The zero-order valence-corrected chi connectivity index (χ0v) is 15.0. The first kappa shape index (κ1) is 18.6. The highest BCUT2D eigenvalue weighted by molar-refractivity contribution is 7.86. The predicted octanol–water partition coefficient (Wildman–Crippen LogP) is 2.95. The highest BCUT2D eigenvalue weighted by atomic mass is 32.2. The molecular formula is C16H26N2O3S. The fourth-order valence-electron chi connectivity index (χ4n) is 1.85. The summed E-state index contributed by atoms with van der Waals surface area (Å²) in [6.45, 7) is 11.8. The summed E-state index contributed by atoms with van der Waals surface area (Å²) >= 11 is 0. The predicted molar refractivity (Wildman–Crippen MR) is 90.0 cm³/mol. The Hall–Kier alpha value is -1.40. The molecule has 0 spiro atoms. The van der Waals surface area contributed by atoms with Crippen LogP contribution in [0.4, 0.5) is 0 Å². The maximum absolute atomic E-state index is 12.7. The molecule has 22 heavy (non-hydrogen) atoms. The van der Waals surface area contributed by atoms with E-state index in [1.165, 1.54) is 0 Å². The minimum atomic E-state index is -1.22. The number of hydrogen-bond acceptors (Lipinski definition) is 4. The van der Waals surface area contributed by atoms with Crippen LogP contribution in [-0.4, -0.2) is 36.7 Å². The van der Waals surface area contributed by atoms with E-state index in [1.807, 2.05) is 52.1 Å². The van der Waals surface area contributed by atoms with E-state index < -0.39 is 10.8 Å². The largest absolute Gasteiger partial charge is 0.490 e. The first-order chi connectivity index (χ1) is 10.3. The Morgan fingerprint density at radius 1 is 1.36 bits per heavy atom. The van der Waals surface area contributed by atoms with Crippen molar-refractivity contribution in [3.63, 3.8) is 0 Å². The second-order valence-corrected chi connectivity index (χ2v) is 7.78. The van der Waals surface area contributed by atoms with Gasteiger partial charge in [-0.2, -0.15) is 0 Å². The summed E-state index contributed by atoms with van der Waals surface area (Å²) in [4.78, 5) is 4.90. The number of fused-ring (bicyclic) bond motifs is 1. The normalized spacial score (nSPS) is 12.7. The van der Waals surface area contributed by atoms with Gasteiger partial charge in [-0.1, -0.05) is 13.8 Å². The number of aryl methyl sites for hydroxylation is 1. The van der Waals surface area contributed by atoms with Crippen molar-refractivity contribution in [1.29, 1.82) is 0 Å². The van der Waals surface area contributed by atoms with Crippen LogP contribution in [0.1, 0.15) is 40.3 Å². The lowest BCUT2D eigenvalue weighted by Crippen LogP contribution is -2.23. The van der Waals surface area contributed by atoms with Crippen molar-refractivity contribution in [2.45, 2.75) is 51.2 Å². The summed E-state index contributed by atoms with van der Waals surface area (Å²) in [7, 11) is -1.22. The third-order valence-corrected chi connectivity index (χ3v) is 4.68. The molecule has 2 aromatic heterocycles. The molecule has 0 fully saturated rings. The van der Waals surface area contributed by atoms with Crippen LogP contribution in [-0.2, 0) is 10.8 Å². The van der Waals surface area contributed by atoms with Crippen molar-refractivity contribution in [1.82, 2.24) is 9.38 Å². The number of ether oxygens (including phenoxy) is 1. The molecule has 0 saturated carbocycles. The summed E-state index contributed by atoms with van der Waals surface area (Å²) in [5, 5.41) is 8.91. The van der Waals surface area contributed by atoms with Gasteiger partial charge < -0.3 is 14.2 Å². The van der Waals surface area contributed by atoms with E-state index in [-0.39, 0.29) is 18.0 Å². The zero-order valence-electron chi connectivity index (χ0n) is 14.2. The number of aliphatic hydroxyl groups excluding tert-OH is 1. The van der Waals surface area contributed by atoms with Gasteiger partial charge in [-0.05, 0) is 27.7 Å². The quantitative estimate of drug-likeness (QED) is 0.938. The van der Waals surface area contributed by atoms with E-state index in [0.717, 1.165) is 11.3 Å². The molecule has 124 valence electrons. The first-order valence-corrected chi connectivity index (χ1v) is 8.63. The van der Waals surface area contributed by atoms with Gasteiger partial charge in [-0.25, -0.2) is 4.98 Å². The monoisotopic (exact) mass is 326 g/mol. The van der Waals surface area contributed by atoms with Crippen molar-refractivity contribution in [2.24, 2.45) is 0 Å². The number of hydrogen-bond donors (Lipinski definition) is 1. The molecule has 0 amide bonds. The van der Waals surface area contributed by atoms with Gasteiger partial charge >= 0.3 is 0 Å². The van der Waals surface area contributed by atoms with E-state index in [4.69, 9.17) is 9.84 Å². The van der Waals surface area contributed by atoms with Crippen LogP contribution in [0.5, 0.6) is 5.75 Å². The molecule has 0 radical (unpaired) electrons. The van der Waals surface area contributed by atoms with Gasteiger partial charge in [0.05, 0.1) is 22.3 Å². The lowest BCUT2D eigenvalue weighted by Gasteiger charge is -2.20. The average Bonchev–Trinajstić information content (AvgIpc) is 2.85. The molecule has 0 aliphatic rings. The first-order valence-electron chi connectivity index (χ1n) is 7.48. The summed E-state index contributed by atoms with van der Waals surface area (Å²) in [5.74, 6) is 0.519. The number of rotatable bonds is 4. The Bertz CT molecular complexity index is 645. The third-order valence-electron chi connectivity index (χ3n) is 2.86. The molecule has 6 heteroatoms. The summed E-state index contributed by atoms with van der Waals surface area (Å²) in [5.41, 5.74) is 1.71. The minimum absolute atomic E-state index is 0.0831. The second-order valence-electron chi connectivity index (χ2n) is 5.58. The van der Waals surface area contributed by atoms with Gasteiger partial charge in [0.15, 0.2) is 0 Å². The smallest absolute Gasteiger partial charge is 0.140 e. The Morgan fingerprint density at radius 2 is 2.00 bits per heavy atom. The van der Waals surface area contributed by atoms with Crippen LogP contribution in [0.2, 0.25) is 0 Å². The Kier molecular flexibility index (Phi) is 6.56. The van der Waals surface area contributed by atoms with Crippen molar-refractivity contribution in [2.75, 3.05) is 13.2 Å². The number of aromatic nitrogens is 2. The Morgan fingerprint density at radius 3 is 2.55 bits per heavy atom. The van der Waals surface area contributed by atoms with Gasteiger partial charge in [-0.3, -0.25) is 4.21 Å². The Labute approximate surface area is 134 Å². The standard InChI is InChI=1S/C14H20N2O3S.C2H6/c1-10-8-15-13-7-11(19-6-5-17)12(9-16(10)13)20(18)14(2,3)4;1-2/h7-9,17H,5-6H2,1-4H3;1-2H3. The minimum Gasteiger partial charge on any atom is -0.490 e. The van der Waals surface area contributed by atoms with Gasteiger partial charge in [0.25, 0.3) is 0 Å². The highest BCUT2D eigenvalue weighted by Gasteiger charge is 2.25. The highest BCUT2D eigenvalue weighted by Crippen LogP contribution is 2.30. The second kappa shape index (κ2) is 7.74. The van der Waals surface area contributed by atoms with Gasteiger partial charge in [-0.15, -0.1) is 0 Å². The van der Waals surface area contributed by atoms with E-state index in [2.05, 4.69) is 4.98 Å². The molecule has 2 aromatic rings. The number of imidazole rings is 1. The number of pyridine rings is 1. The van der Waals surface area contributed by atoms with Crippen LogP contribution < -0.4 is 4.74 Å². The SMILES string of the molecule is CC.Cc1cnc2cc(OCCO)c(S(=O)C(C)(C)C)cn12. The lowest BCUT2D eigenvalue weighted by atomic mass is 10.3. The van der Waals surface area contributed by atoms with Crippen molar-refractivity contribution < 1.29 is 14.1 Å². The molecule has 5 nitrogen and oxygen atoms in total. The molecular weight excluding hydrogens is 300 g/mol. The maximum atomic E-state index is 12.7. The van der Waals surface area contributed by atoms with Crippen molar-refractivity contribution >= 4 is 16.4 Å². The van der Waals surface area contributed by atoms with Gasteiger partial charge in [0.1, 0.15) is 18.0 Å². The molecule has 1 unspecified atom stereocenters. The van der Waals surface area contributed by atoms with Crippen LogP contribution in [0.15, 0.2) is 23.4 Å². The third kappa shape index (κ3) is 4.08. The van der Waals surface area contributed by atoms with Gasteiger partial charge in [0.2, 0.25) is 0 Å². The van der Waals surface area contributed by atoms with Gasteiger partial charge in [0, 0.05) is 28.9 Å². The average molecular weight is 326 g/mol. The Balaban J connectivity index is 0.00000116. The summed E-state index contributed by atoms with van der Waals surface area (Å²) < 4.78 is 19.7. The van der Waals surface area contributed by atoms with Crippen LogP contribution in [0.25, 0.3) is 5.65 Å². The molecule has 2 heterocycles. The summed E-state index contributed by atoms with van der Waals surface area (Å²) in [6.07, 6.45) is 3.57. The van der Waals surface area contributed by atoms with E-state index >= 15 is 0 Å². The van der Waals surface area contributed by atoms with Crippen LogP contribution >= 0.6 is 0 Å². The summed E-state index contributed by atoms with van der Waals surface area (Å²) in [6, 6.07) is 1.77. The van der Waals surface area contributed by atoms with Crippen molar-refractivity contribution in [3.8, 4) is 5.75 Å². The van der Waals surface area contributed by atoms with Crippen molar-refractivity contribution in [3.05, 3.63) is 24.2 Å². The maximum Gasteiger partial charge on any atom is 0.140 e. The zero-order chi connectivity index (χ0) is 16.9. The van der Waals surface area contributed by atoms with E-state index in [9.17, 15) is 4.21 Å². The molecule has 2 rings (SSSR count). The molecule has 0 aliphatic carbocycles. The molecule has 0 aliphatic heterocycles. The molecule has 0 bridgehead atoms. The van der Waals surface area contributed by atoms with E-state index in [1.54, 1.807) is 12.3 Å². The lowest BCUT2D eigenvalue weighted by molar-refractivity contribution is 0.198.